The maximum Gasteiger partial charge on any atom is 0.319 e. The van der Waals surface area contributed by atoms with Crippen LogP contribution in [0, 0.1) is 12.8 Å². The van der Waals surface area contributed by atoms with Crippen molar-refractivity contribution in [2.24, 2.45) is 5.92 Å². The van der Waals surface area contributed by atoms with E-state index in [4.69, 9.17) is 9.63 Å². The normalized spacial score (nSPS) is 13.5. The zero-order chi connectivity index (χ0) is 16.1. The minimum atomic E-state index is -0.325. The summed E-state index contributed by atoms with van der Waals surface area (Å²) >= 11 is 0. The highest BCUT2D eigenvalue weighted by Crippen LogP contribution is 2.19. The van der Waals surface area contributed by atoms with Crippen LogP contribution in [0.2, 0.25) is 0 Å². The highest BCUT2D eigenvalue weighted by atomic mass is 16.5. The zero-order valence-corrected chi connectivity index (χ0v) is 12.8. The minimum Gasteiger partial charge on any atom is -0.396 e. The first-order valence-corrected chi connectivity index (χ1v) is 7.08. The molecule has 0 radical (unpaired) electrons. The van der Waals surface area contributed by atoms with Crippen molar-refractivity contribution in [1.29, 1.82) is 0 Å². The van der Waals surface area contributed by atoms with Gasteiger partial charge in [0, 0.05) is 30.8 Å². The van der Waals surface area contributed by atoms with Gasteiger partial charge in [-0.05, 0) is 25.0 Å². The molecule has 2 amide bonds. The van der Waals surface area contributed by atoms with Crippen LogP contribution in [0.5, 0.6) is 0 Å². The summed E-state index contributed by atoms with van der Waals surface area (Å²) in [6, 6.07) is 6.72. The number of rotatable bonds is 5. The molecule has 2 unspecified atom stereocenters. The Labute approximate surface area is 128 Å². The van der Waals surface area contributed by atoms with Gasteiger partial charge in [0.15, 0.2) is 0 Å². The van der Waals surface area contributed by atoms with Crippen molar-refractivity contribution in [3.05, 3.63) is 30.2 Å². The van der Waals surface area contributed by atoms with Crippen molar-refractivity contribution < 1.29 is 14.4 Å². The maximum atomic E-state index is 11.9. The molecule has 1 aromatic heterocycles. The van der Waals surface area contributed by atoms with Gasteiger partial charge in [-0.3, -0.25) is 0 Å². The van der Waals surface area contributed by atoms with E-state index < -0.39 is 0 Å². The lowest BCUT2D eigenvalue weighted by molar-refractivity contribution is 0.204. The molecule has 7 heteroatoms. The lowest BCUT2D eigenvalue weighted by Gasteiger charge is -2.19. The van der Waals surface area contributed by atoms with Gasteiger partial charge in [0.1, 0.15) is 0 Å². The summed E-state index contributed by atoms with van der Waals surface area (Å²) in [4.78, 5) is 16.1. The van der Waals surface area contributed by atoms with Crippen LogP contribution in [0.4, 0.5) is 10.5 Å². The molecule has 2 aromatic rings. The molecule has 7 nitrogen and oxygen atoms in total. The molecule has 22 heavy (non-hydrogen) atoms. The van der Waals surface area contributed by atoms with E-state index in [9.17, 15) is 4.79 Å². The van der Waals surface area contributed by atoms with E-state index in [1.54, 1.807) is 25.1 Å². The van der Waals surface area contributed by atoms with Gasteiger partial charge in [-0.2, -0.15) is 4.98 Å². The van der Waals surface area contributed by atoms with E-state index >= 15 is 0 Å². The topological polar surface area (TPSA) is 100 Å². The number of aliphatic hydroxyl groups is 1. The van der Waals surface area contributed by atoms with Gasteiger partial charge in [-0.15, -0.1) is 0 Å². The molecule has 0 bridgehead atoms. The van der Waals surface area contributed by atoms with Crippen LogP contribution in [-0.4, -0.2) is 33.9 Å². The molecular formula is C15H20N4O3. The zero-order valence-electron chi connectivity index (χ0n) is 12.8. The second kappa shape index (κ2) is 7.04. The van der Waals surface area contributed by atoms with Crippen molar-refractivity contribution >= 4 is 11.7 Å². The van der Waals surface area contributed by atoms with Gasteiger partial charge in [-0.25, -0.2) is 4.79 Å². The number of aromatic nitrogens is 2. The van der Waals surface area contributed by atoms with E-state index in [0.29, 0.717) is 17.4 Å². The molecule has 2 atom stereocenters. The minimum absolute atomic E-state index is 0.0145. The molecule has 0 fully saturated rings. The SMILES string of the molecule is Cc1nc(-c2cccc(NC(=O)NC(C)C(C)CO)c2)no1. The maximum absolute atomic E-state index is 11.9. The van der Waals surface area contributed by atoms with Crippen molar-refractivity contribution in [2.45, 2.75) is 26.8 Å². The number of aliphatic hydroxyl groups excluding tert-OH is 1. The number of nitrogens with one attached hydrogen (secondary N) is 2. The van der Waals surface area contributed by atoms with E-state index in [2.05, 4.69) is 20.8 Å². The van der Waals surface area contributed by atoms with Crippen molar-refractivity contribution in [3.63, 3.8) is 0 Å². The molecule has 1 heterocycles. The lowest BCUT2D eigenvalue weighted by Crippen LogP contribution is -2.40. The highest BCUT2D eigenvalue weighted by molar-refractivity contribution is 5.90. The molecule has 2 rings (SSSR count). The number of nitrogens with zero attached hydrogens (tertiary/aromatic N) is 2. The third-order valence-electron chi connectivity index (χ3n) is 3.41. The van der Waals surface area contributed by atoms with Crippen LogP contribution >= 0.6 is 0 Å². The average Bonchev–Trinajstić information content (AvgIpc) is 2.93. The van der Waals surface area contributed by atoms with Crippen molar-refractivity contribution in [1.82, 2.24) is 15.5 Å². The van der Waals surface area contributed by atoms with Crippen LogP contribution in [0.15, 0.2) is 28.8 Å². The smallest absolute Gasteiger partial charge is 0.319 e. The van der Waals surface area contributed by atoms with Crippen LogP contribution < -0.4 is 10.6 Å². The Morgan fingerprint density at radius 3 is 2.82 bits per heavy atom. The predicted octanol–water partition coefficient (Wildman–Crippen LogP) is 2.18. The second-order valence-corrected chi connectivity index (χ2v) is 5.26. The molecule has 0 aliphatic rings. The number of amides is 2. The molecule has 0 aliphatic heterocycles. The Kier molecular flexibility index (Phi) is 5.11. The fourth-order valence-corrected chi connectivity index (χ4v) is 1.83. The third kappa shape index (κ3) is 4.05. The van der Waals surface area contributed by atoms with Gasteiger partial charge < -0.3 is 20.3 Å². The van der Waals surface area contributed by atoms with E-state index in [1.165, 1.54) is 0 Å². The molecule has 118 valence electrons. The van der Waals surface area contributed by atoms with E-state index in [-0.39, 0.29) is 24.6 Å². The van der Waals surface area contributed by atoms with Gasteiger partial charge in [0.05, 0.1) is 0 Å². The summed E-state index contributed by atoms with van der Waals surface area (Å²) in [5, 5.41) is 18.5. The monoisotopic (exact) mass is 304 g/mol. The standard InChI is InChI=1S/C15H20N4O3/c1-9(8-20)10(2)16-15(21)18-13-6-4-5-12(7-13)14-17-11(3)22-19-14/h4-7,9-10,20H,8H2,1-3H3,(H2,16,18,21). The number of hydrogen-bond acceptors (Lipinski definition) is 5. The van der Waals surface area contributed by atoms with Gasteiger partial charge in [0.25, 0.3) is 0 Å². The summed E-state index contributed by atoms with van der Waals surface area (Å²) in [6.07, 6.45) is 0. The molecular weight excluding hydrogens is 284 g/mol. The molecule has 0 spiro atoms. The largest absolute Gasteiger partial charge is 0.396 e. The van der Waals surface area contributed by atoms with Crippen molar-refractivity contribution in [2.75, 3.05) is 11.9 Å². The number of hydrogen-bond donors (Lipinski definition) is 3. The molecule has 0 saturated carbocycles. The number of anilines is 1. The fraction of sp³-hybridized carbons (Fsp3) is 0.400. The molecule has 0 saturated heterocycles. The van der Waals surface area contributed by atoms with Gasteiger partial charge in [0.2, 0.25) is 11.7 Å². The van der Waals surface area contributed by atoms with Gasteiger partial charge >= 0.3 is 6.03 Å². The van der Waals surface area contributed by atoms with E-state index in [1.807, 2.05) is 19.9 Å². The fourth-order valence-electron chi connectivity index (χ4n) is 1.83. The summed E-state index contributed by atoms with van der Waals surface area (Å²) in [5.41, 5.74) is 1.38. The molecule has 3 N–H and O–H groups in total. The number of urea groups is 1. The Hall–Kier alpha value is -2.41. The summed E-state index contributed by atoms with van der Waals surface area (Å²) in [7, 11) is 0. The van der Waals surface area contributed by atoms with Gasteiger partial charge in [-0.1, -0.05) is 24.2 Å². The molecule has 1 aromatic carbocycles. The van der Waals surface area contributed by atoms with E-state index in [0.717, 1.165) is 5.56 Å². The first kappa shape index (κ1) is 16.0. The Balaban J connectivity index is 2.03. The second-order valence-electron chi connectivity index (χ2n) is 5.26. The third-order valence-corrected chi connectivity index (χ3v) is 3.41. The molecule has 0 aliphatic carbocycles. The number of carbonyl (C=O) groups is 1. The number of benzene rings is 1. The van der Waals surface area contributed by atoms with Crippen LogP contribution in [0.1, 0.15) is 19.7 Å². The summed E-state index contributed by atoms with van der Waals surface area (Å²) in [5.74, 6) is 0.945. The summed E-state index contributed by atoms with van der Waals surface area (Å²) in [6.45, 7) is 5.45. The van der Waals surface area contributed by atoms with Crippen molar-refractivity contribution in [3.8, 4) is 11.4 Å². The first-order valence-electron chi connectivity index (χ1n) is 7.08. The quantitative estimate of drug-likeness (QED) is 0.786. The summed E-state index contributed by atoms with van der Waals surface area (Å²) < 4.78 is 4.95. The first-order chi connectivity index (χ1) is 10.5. The lowest BCUT2D eigenvalue weighted by atomic mass is 10.1. The predicted molar refractivity (Wildman–Crippen MR) is 82.3 cm³/mol. The Morgan fingerprint density at radius 1 is 1.41 bits per heavy atom. The highest BCUT2D eigenvalue weighted by Gasteiger charge is 2.14. The average molecular weight is 304 g/mol. The number of carbonyl (C=O) groups excluding carboxylic acids is 1. The van der Waals surface area contributed by atoms with Crippen LogP contribution in [-0.2, 0) is 0 Å². The van der Waals surface area contributed by atoms with Crippen LogP contribution in [0.3, 0.4) is 0 Å². The Morgan fingerprint density at radius 2 is 2.18 bits per heavy atom. The Bertz CT molecular complexity index is 641. The van der Waals surface area contributed by atoms with Crippen LogP contribution in [0.25, 0.3) is 11.4 Å². The number of aryl methyl sites for hydroxylation is 1.